The van der Waals surface area contributed by atoms with E-state index in [9.17, 15) is 14.4 Å². The lowest BCUT2D eigenvalue weighted by Crippen LogP contribution is -2.47. The van der Waals surface area contributed by atoms with Gasteiger partial charge in [-0.25, -0.2) is 0 Å². The summed E-state index contributed by atoms with van der Waals surface area (Å²) in [4.78, 5) is 36.7. The summed E-state index contributed by atoms with van der Waals surface area (Å²) in [7, 11) is 0. The van der Waals surface area contributed by atoms with Crippen LogP contribution >= 0.6 is 23.4 Å². The Morgan fingerprint density at radius 3 is 2.39 bits per heavy atom. The van der Waals surface area contributed by atoms with Crippen molar-refractivity contribution < 1.29 is 19.1 Å². The number of amides is 3. The molecule has 7 nitrogen and oxygen atoms in total. The third-order valence-corrected chi connectivity index (χ3v) is 4.63. The molecule has 28 heavy (non-hydrogen) atoms. The number of benzene rings is 2. The summed E-state index contributed by atoms with van der Waals surface area (Å²) in [5, 5.41) is 3.10. The lowest BCUT2D eigenvalue weighted by Gasteiger charge is -2.11. The maximum atomic E-state index is 12.2. The van der Waals surface area contributed by atoms with E-state index in [-0.39, 0.29) is 18.2 Å². The largest absolute Gasteiger partial charge is 0.493 e. The lowest BCUT2D eigenvalue weighted by molar-refractivity contribution is -0.127. The number of nitrogens with one attached hydrogen (secondary N) is 3. The summed E-state index contributed by atoms with van der Waals surface area (Å²) in [5.41, 5.74) is 4.89. The summed E-state index contributed by atoms with van der Waals surface area (Å²) < 4.78 is 5.39. The molecule has 2 aromatic rings. The first kappa shape index (κ1) is 21.6. The first-order valence-corrected chi connectivity index (χ1v) is 9.82. The van der Waals surface area contributed by atoms with E-state index in [4.69, 9.17) is 16.3 Å². The van der Waals surface area contributed by atoms with Crippen LogP contribution in [-0.4, -0.2) is 36.6 Å². The van der Waals surface area contributed by atoms with E-state index >= 15 is 0 Å². The van der Waals surface area contributed by atoms with Gasteiger partial charge in [0.05, 0.1) is 24.5 Å². The van der Waals surface area contributed by atoms with Crippen LogP contribution in [0.4, 0.5) is 0 Å². The van der Waals surface area contributed by atoms with Crippen LogP contribution in [0, 0.1) is 0 Å². The number of halogens is 1. The summed E-state index contributed by atoms with van der Waals surface area (Å²) in [6.45, 7) is 1.95. The molecular formula is C19H20ClN3O4S. The molecule has 0 aliphatic rings. The normalized spacial score (nSPS) is 10.1. The van der Waals surface area contributed by atoms with Crippen molar-refractivity contribution in [3.63, 3.8) is 0 Å². The summed E-state index contributed by atoms with van der Waals surface area (Å²) in [6.07, 6.45) is 0. The molecule has 0 aromatic heterocycles. The molecule has 148 valence electrons. The number of carbonyl (C=O) groups is 3. The van der Waals surface area contributed by atoms with E-state index in [1.807, 2.05) is 6.92 Å². The molecule has 0 aliphatic carbocycles. The van der Waals surface area contributed by atoms with Gasteiger partial charge in [-0.3, -0.25) is 25.2 Å². The first-order chi connectivity index (χ1) is 13.5. The molecule has 0 heterocycles. The maximum absolute atomic E-state index is 12.2. The van der Waals surface area contributed by atoms with Gasteiger partial charge in [-0.2, -0.15) is 0 Å². The molecule has 0 atom stereocenters. The van der Waals surface area contributed by atoms with Gasteiger partial charge in [-0.1, -0.05) is 23.7 Å². The molecule has 9 heteroatoms. The predicted octanol–water partition coefficient (Wildman–Crippen LogP) is 2.41. The molecule has 0 saturated carbocycles. The number of hydrazine groups is 1. The van der Waals surface area contributed by atoms with E-state index in [2.05, 4.69) is 16.2 Å². The van der Waals surface area contributed by atoms with Crippen LogP contribution in [0.1, 0.15) is 17.3 Å². The van der Waals surface area contributed by atoms with Crippen molar-refractivity contribution in [1.29, 1.82) is 0 Å². The quantitative estimate of drug-likeness (QED) is 0.449. The predicted molar refractivity (Wildman–Crippen MR) is 108 cm³/mol. The van der Waals surface area contributed by atoms with E-state index in [1.165, 1.54) is 11.8 Å². The third kappa shape index (κ3) is 7.13. The molecule has 0 unspecified atom stereocenters. The standard InChI is InChI=1S/C19H20ClN3O4S/c1-2-27-16-6-4-3-5-15(16)19(26)21-11-17(24)22-23-18(25)12-28-14-9-7-13(20)8-10-14/h3-10H,2,11-12H2,1H3,(H,21,26)(H,22,24)(H,23,25). The number of ether oxygens (including phenoxy) is 1. The topological polar surface area (TPSA) is 96.5 Å². The molecule has 0 bridgehead atoms. The fourth-order valence-corrected chi connectivity index (χ4v) is 2.92. The second-order valence-corrected chi connectivity index (χ2v) is 6.94. The first-order valence-electron chi connectivity index (χ1n) is 8.45. The molecule has 2 aromatic carbocycles. The highest BCUT2D eigenvalue weighted by atomic mass is 35.5. The molecule has 2 rings (SSSR count). The highest BCUT2D eigenvalue weighted by Gasteiger charge is 2.13. The van der Waals surface area contributed by atoms with Gasteiger partial charge in [0, 0.05) is 9.92 Å². The number of carbonyl (C=O) groups excluding carboxylic acids is 3. The Balaban J connectivity index is 1.71. The van der Waals surface area contributed by atoms with Crippen LogP contribution in [0.15, 0.2) is 53.4 Å². The van der Waals surface area contributed by atoms with Crippen molar-refractivity contribution in [1.82, 2.24) is 16.2 Å². The number of para-hydroxylation sites is 1. The third-order valence-electron chi connectivity index (χ3n) is 3.37. The molecule has 0 aliphatic heterocycles. The van der Waals surface area contributed by atoms with Crippen molar-refractivity contribution in [3.05, 3.63) is 59.1 Å². The zero-order valence-electron chi connectivity index (χ0n) is 15.2. The van der Waals surface area contributed by atoms with E-state index in [1.54, 1.807) is 48.5 Å². The number of rotatable bonds is 8. The van der Waals surface area contributed by atoms with Gasteiger partial charge >= 0.3 is 0 Å². The minimum absolute atomic E-state index is 0.121. The van der Waals surface area contributed by atoms with Crippen molar-refractivity contribution in [2.45, 2.75) is 11.8 Å². The average molecular weight is 422 g/mol. The van der Waals surface area contributed by atoms with Gasteiger partial charge in [0.15, 0.2) is 0 Å². The molecule has 0 radical (unpaired) electrons. The number of hydrogen-bond donors (Lipinski definition) is 3. The van der Waals surface area contributed by atoms with Crippen molar-refractivity contribution in [3.8, 4) is 5.75 Å². The van der Waals surface area contributed by atoms with Crippen molar-refractivity contribution >= 4 is 41.1 Å². The summed E-state index contributed by atoms with van der Waals surface area (Å²) >= 11 is 7.11. The number of hydrogen-bond acceptors (Lipinski definition) is 5. The van der Waals surface area contributed by atoms with Gasteiger partial charge in [-0.15, -0.1) is 11.8 Å². The van der Waals surface area contributed by atoms with Crippen molar-refractivity contribution in [2.75, 3.05) is 18.9 Å². The van der Waals surface area contributed by atoms with Gasteiger partial charge in [0.2, 0.25) is 5.91 Å². The molecule has 0 fully saturated rings. The Morgan fingerprint density at radius 1 is 1.00 bits per heavy atom. The van der Waals surface area contributed by atoms with E-state index in [0.717, 1.165) is 4.90 Å². The Kier molecular flexibility index (Phi) is 8.64. The number of thioether (sulfide) groups is 1. The molecule has 3 N–H and O–H groups in total. The zero-order chi connectivity index (χ0) is 20.4. The second kappa shape index (κ2) is 11.2. The fourth-order valence-electron chi connectivity index (χ4n) is 2.09. The van der Waals surface area contributed by atoms with E-state index in [0.29, 0.717) is 22.9 Å². The van der Waals surface area contributed by atoms with E-state index < -0.39 is 11.8 Å². The minimum Gasteiger partial charge on any atom is -0.493 e. The van der Waals surface area contributed by atoms with Gasteiger partial charge in [0.1, 0.15) is 5.75 Å². The molecule has 0 saturated heterocycles. The van der Waals surface area contributed by atoms with Crippen LogP contribution in [0.5, 0.6) is 5.75 Å². The van der Waals surface area contributed by atoms with Crippen LogP contribution < -0.4 is 20.9 Å². The van der Waals surface area contributed by atoms with Crippen LogP contribution in [0.2, 0.25) is 5.02 Å². The molecule has 0 spiro atoms. The van der Waals surface area contributed by atoms with Crippen molar-refractivity contribution in [2.24, 2.45) is 0 Å². The van der Waals surface area contributed by atoms with Crippen LogP contribution in [0.3, 0.4) is 0 Å². The Labute approximate surface area is 172 Å². The van der Waals surface area contributed by atoms with Gasteiger partial charge < -0.3 is 10.1 Å². The SMILES string of the molecule is CCOc1ccccc1C(=O)NCC(=O)NNC(=O)CSc1ccc(Cl)cc1. The average Bonchev–Trinajstić information content (AvgIpc) is 2.70. The Morgan fingerprint density at radius 2 is 1.68 bits per heavy atom. The second-order valence-electron chi connectivity index (χ2n) is 5.45. The summed E-state index contributed by atoms with van der Waals surface area (Å²) in [6, 6.07) is 13.8. The summed E-state index contributed by atoms with van der Waals surface area (Å²) in [5.74, 6) is -0.802. The molecule has 3 amide bonds. The van der Waals surface area contributed by atoms with Gasteiger partial charge in [-0.05, 0) is 43.3 Å². The Hall–Kier alpha value is -2.71. The Bertz CT molecular complexity index is 830. The molecular weight excluding hydrogens is 402 g/mol. The highest BCUT2D eigenvalue weighted by molar-refractivity contribution is 8.00. The lowest BCUT2D eigenvalue weighted by atomic mass is 10.2. The zero-order valence-corrected chi connectivity index (χ0v) is 16.7. The minimum atomic E-state index is -0.549. The highest BCUT2D eigenvalue weighted by Crippen LogP contribution is 2.20. The van der Waals surface area contributed by atoms with Crippen LogP contribution in [-0.2, 0) is 9.59 Å². The maximum Gasteiger partial charge on any atom is 0.257 e. The smallest absolute Gasteiger partial charge is 0.257 e. The van der Waals surface area contributed by atoms with Crippen LogP contribution in [0.25, 0.3) is 0 Å². The van der Waals surface area contributed by atoms with Gasteiger partial charge in [0.25, 0.3) is 11.8 Å². The monoisotopic (exact) mass is 421 g/mol. The fraction of sp³-hybridized carbons (Fsp3) is 0.211.